The molecule has 0 aromatic rings. The molecule has 1 aliphatic heterocycles. The molecule has 1 rings (SSSR count). The predicted octanol–water partition coefficient (Wildman–Crippen LogP) is 2.02. The van der Waals surface area contributed by atoms with Crippen LogP contribution in [-0.4, -0.2) is 36.0 Å². The van der Waals surface area contributed by atoms with E-state index >= 15 is 0 Å². The highest BCUT2D eigenvalue weighted by atomic mass is 16.2. The van der Waals surface area contributed by atoms with Crippen LogP contribution >= 0.6 is 0 Å². The predicted molar refractivity (Wildman–Crippen MR) is 67.3 cm³/mol. The minimum atomic E-state index is 0.292. The molecule has 1 amide bonds. The summed E-state index contributed by atoms with van der Waals surface area (Å²) in [6.45, 7) is 10.5. The zero-order valence-corrected chi connectivity index (χ0v) is 11.1. The van der Waals surface area contributed by atoms with E-state index in [0.717, 1.165) is 25.4 Å². The third-order valence-electron chi connectivity index (χ3n) is 3.19. The number of amides is 1. The number of hydrogen-bond donors (Lipinski definition) is 1. The van der Waals surface area contributed by atoms with Crippen molar-refractivity contribution in [3.8, 4) is 0 Å². The zero-order chi connectivity index (χ0) is 12.1. The van der Waals surface area contributed by atoms with Gasteiger partial charge in [-0.05, 0) is 25.7 Å². The minimum Gasteiger partial charge on any atom is -0.341 e. The van der Waals surface area contributed by atoms with Crippen molar-refractivity contribution in [3.63, 3.8) is 0 Å². The third kappa shape index (κ3) is 4.12. The van der Waals surface area contributed by atoms with Gasteiger partial charge in [-0.2, -0.15) is 0 Å². The van der Waals surface area contributed by atoms with Gasteiger partial charge in [0.15, 0.2) is 0 Å². The molecule has 2 atom stereocenters. The van der Waals surface area contributed by atoms with Gasteiger partial charge in [0.2, 0.25) is 5.91 Å². The maximum Gasteiger partial charge on any atom is 0.222 e. The highest BCUT2D eigenvalue weighted by molar-refractivity contribution is 5.76. The fourth-order valence-corrected chi connectivity index (χ4v) is 2.52. The summed E-state index contributed by atoms with van der Waals surface area (Å²) in [5.41, 5.74) is 0. The van der Waals surface area contributed by atoms with Gasteiger partial charge in [-0.1, -0.05) is 20.8 Å². The summed E-state index contributed by atoms with van der Waals surface area (Å²) in [4.78, 5) is 13.5. The van der Waals surface area contributed by atoms with Gasteiger partial charge >= 0.3 is 0 Å². The van der Waals surface area contributed by atoms with Crippen molar-refractivity contribution >= 4 is 5.91 Å². The summed E-state index contributed by atoms with van der Waals surface area (Å²) >= 11 is 0. The monoisotopic (exact) mass is 226 g/mol. The molecule has 0 aliphatic carbocycles. The van der Waals surface area contributed by atoms with E-state index < -0.39 is 0 Å². The molecule has 1 N–H and O–H groups in total. The first kappa shape index (κ1) is 13.5. The molecule has 1 heterocycles. The van der Waals surface area contributed by atoms with Crippen LogP contribution in [0, 0.1) is 5.92 Å². The average Bonchev–Trinajstić information content (AvgIpc) is 2.63. The van der Waals surface area contributed by atoms with Gasteiger partial charge < -0.3 is 10.2 Å². The van der Waals surface area contributed by atoms with Crippen molar-refractivity contribution in [3.05, 3.63) is 0 Å². The summed E-state index contributed by atoms with van der Waals surface area (Å²) in [6, 6.07) is 1.06. The Balaban J connectivity index is 2.28. The first-order valence-electron chi connectivity index (χ1n) is 6.56. The quantitative estimate of drug-likeness (QED) is 0.778. The number of nitrogens with zero attached hydrogens (tertiary/aromatic N) is 1. The molecule has 94 valence electrons. The lowest BCUT2D eigenvalue weighted by atomic mass is 10.0. The van der Waals surface area contributed by atoms with Crippen LogP contribution in [0.5, 0.6) is 0 Å². The van der Waals surface area contributed by atoms with Gasteiger partial charge in [0.05, 0.1) is 0 Å². The van der Waals surface area contributed by atoms with Crippen molar-refractivity contribution in [1.82, 2.24) is 10.2 Å². The Morgan fingerprint density at radius 2 is 2.12 bits per heavy atom. The van der Waals surface area contributed by atoms with Gasteiger partial charge in [0.1, 0.15) is 0 Å². The minimum absolute atomic E-state index is 0.292. The lowest BCUT2D eigenvalue weighted by molar-refractivity contribution is -0.129. The van der Waals surface area contributed by atoms with Gasteiger partial charge in [0, 0.05) is 31.6 Å². The SMILES string of the molecule is CCC(=O)N1CCC(NC(C)CC(C)C)C1. The topological polar surface area (TPSA) is 32.3 Å². The molecule has 16 heavy (non-hydrogen) atoms. The van der Waals surface area contributed by atoms with Crippen LogP contribution < -0.4 is 5.32 Å². The van der Waals surface area contributed by atoms with Crippen LogP contribution in [0.25, 0.3) is 0 Å². The number of carbonyl (C=O) groups excluding carboxylic acids is 1. The summed E-state index contributed by atoms with van der Waals surface area (Å²) in [5, 5.41) is 3.63. The maximum absolute atomic E-state index is 11.5. The second-order valence-electron chi connectivity index (χ2n) is 5.38. The molecule has 0 spiro atoms. The van der Waals surface area contributed by atoms with Crippen LogP contribution in [0.15, 0.2) is 0 Å². The van der Waals surface area contributed by atoms with E-state index in [4.69, 9.17) is 0 Å². The molecule has 1 fully saturated rings. The number of rotatable bonds is 5. The van der Waals surface area contributed by atoms with E-state index in [9.17, 15) is 4.79 Å². The van der Waals surface area contributed by atoms with Crippen molar-refractivity contribution in [2.45, 2.75) is 59.0 Å². The average molecular weight is 226 g/mol. The number of likely N-dealkylation sites (tertiary alicyclic amines) is 1. The van der Waals surface area contributed by atoms with E-state index in [-0.39, 0.29) is 0 Å². The fraction of sp³-hybridized carbons (Fsp3) is 0.923. The number of hydrogen-bond acceptors (Lipinski definition) is 2. The van der Waals surface area contributed by atoms with Crippen molar-refractivity contribution in [2.75, 3.05) is 13.1 Å². The zero-order valence-electron chi connectivity index (χ0n) is 11.1. The van der Waals surface area contributed by atoms with Crippen LogP contribution in [0.3, 0.4) is 0 Å². The molecule has 0 aromatic heterocycles. The van der Waals surface area contributed by atoms with Gasteiger partial charge in [0.25, 0.3) is 0 Å². The first-order chi connectivity index (χ1) is 7.52. The lowest BCUT2D eigenvalue weighted by Gasteiger charge is -2.21. The Hall–Kier alpha value is -0.570. The fourth-order valence-electron chi connectivity index (χ4n) is 2.52. The molecule has 0 bridgehead atoms. The highest BCUT2D eigenvalue weighted by Crippen LogP contribution is 2.13. The molecule has 3 heteroatoms. The Morgan fingerprint density at radius 3 is 2.69 bits per heavy atom. The molecule has 1 saturated heterocycles. The van der Waals surface area contributed by atoms with Crippen LogP contribution in [-0.2, 0) is 4.79 Å². The van der Waals surface area contributed by atoms with Gasteiger partial charge in [-0.25, -0.2) is 0 Å². The van der Waals surface area contributed by atoms with Crippen LogP contribution in [0.4, 0.5) is 0 Å². The first-order valence-corrected chi connectivity index (χ1v) is 6.56. The van der Waals surface area contributed by atoms with Gasteiger partial charge in [-0.3, -0.25) is 4.79 Å². The highest BCUT2D eigenvalue weighted by Gasteiger charge is 2.25. The summed E-state index contributed by atoms with van der Waals surface area (Å²) in [6.07, 6.45) is 2.95. The number of nitrogens with one attached hydrogen (secondary N) is 1. The Labute approximate surface area is 99.6 Å². The summed E-state index contributed by atoms with van der Waals surface area (Å²) < 4.78 is 0. The Kier molecular flexibility index (Phi) is 5.26. The van der Waals surface area contributed by atoms with E-state index in [0.29, 0.717) is 24.4 Å². The lowest BCUT2D eigenvalue weighted by Crippen LogP contribution is -2.40. The summed E-state index contributed by atoms with van der Waals surface area (Å²) in [5.74, 6) is 1.03. The molecular formula is C13H26N2O. The molecule has 0 radical (unpaired) electrons. The van der Waals surface area contributed by atoms with Gasteiger partial charge in [-0.15, -0.1) is 0 Å². The van der Waals surface area contributed by atoms with Crippen molar-refractivity contribution in [2.24, 2.45) is 5.92 Å². The van der Waals surface area contributed by atoms with E-state index in [1.165, 1.54) is 6.42 Å². The standard InChI is InChI=1S/C13H26N2O/c1-5-13(16)15-7-6-12(9-15)14-11(4)8-10(2)3/h10-12,14H,5-9H2,1-4H3. The maximum atomic E-state index is 11.5. The molecule has 1 aliphatic rings. The largest absolute Gasteiger partial charge is 0.341 e. The van der Waals surface area contributed by atoms with Crippen LogP contribution in [0.1, 0.15) is 47.0 Å². The number of carbonyl (C=O) groups is 1. The van der Waals surface area contributed by atoms with Crippen molar-refractivity contribution in [1.29, 1.82) is 0 Å². The van der Waals surface area contributed by atoms with E-state index in [2.05, 4.69) is 26.1 Å². The molecule has 0 aromatic carbocycles. The molecular weight excluding hydrogens is 200 g/mol. The van der Waals surface area contributed by atoms with E-state index in [1.54, 1.807) is 0 Å². The van der Waals surface area contributed by atoms with Crippen molar-refractivity contribution < 1.29 is 4.79 Å². The van der Waals surface area contributed by atoms with E-state index in [1.807, 2.05) is 11.8 Å². The smallest absolute Gasteiger partial charge is 0.222 e. The second kappa shape index (κ2) is 6.24. The van der Waals surface area contributed by atoms with Crippen LogP contribution in [0.2, 0.25) is 0 Å². The summed E-state index contributed by atoms with van der Waals surface area (Å²) in [7, 11) is 0. The second-order valence-corrected chi connectivity index (χ2v) is 5.38. The normalized spacial score (nSPS) is 22.8. The molecule has 0 saturated carbocycles. The Bertz CT molecular complexity index is 228. The molecule has 3 nitrogen and oxygen atoms in total. The Morgan fingerprint density at radius 1 is 1.44 bits per heavy atom. The molecule has 2 unspecified atom stereocenters. The third-order valence-corrected chi connectivity index (χ3v) is 3.19.